The van der Waals surface area contributed by atoms with Crippen molar-refractivity contribution >= 4 is 18.1 Å². The fourth-order valence-corrected chi connectivity index (χ4v) is 2.10. The molecule has 20 heavy (non-hydrogen) atoms. The number of ether oxygens (including phenoxy) is 1. The molecule has 0 unspecified atom stereocenters. The third-order valence-electron chi connectivity index (χ3n) is 3.15. The molecule has 1 aliphatic heterocycles. The van der Waals surface area contributed by atoms with Gasteiger partial charge in [-0.1, -0.05) is 19.0 Å². The molecule has 0 saturated carbocycles. The summed E-state index contributed by atoms with van der Waals surface area (Å²) in [5.74, 6) is 1.38. The maximum Gasteiger partial charge on any atom is 0.255 e. The Morgan fingerprint density at radius 2 is 2.00 bits per heavy atom. The Bertz CT molecular complexity index is 652. The van der Waals surface area contributed by atoms with Crippen LogP contribution >= 0.6 is 0 Å². The molecule has 3 nitrogen and oxygen atoms in total. The molecule has 0 saturated heterocycles. The fourth-order valence-electron chi connectivity index (χ4n) is 2.10. The third-order valence-corrected chi connectivity index (χ3v) is 3.15. The van der Waals surface area contributed by atoms with Crippen molar-refractivity contribution in [3.05, 3.63) is 59.4 Å². The summed E-state index contributed by atoms with van der Waals surface area (Å²) in [6.07, 6.45) is 0. The van der Waals surface area contributed by atoms with Crippen LogP contribution in [0.3, 0.4) is 0 Å². The molecule has 101 valence electrons. The molecule has 0 atom stereocenters. The minimum Gasteiger partial charge on any atom is -0.483 e. The maximum absolute atomic E-state index is 6.90. The van der Waals surface area contributed by atoms with Gasteiger partial charge in [-0.25, -0.2) is 4.85 Å². The fraction of sp³-hybridized carbons (Fsp3) is 0.133. The SMILES string of the molecule is [C-]#[N+]c1ccc(Oc2[c-]c3c(cc2)B(C)OC3)cc1.[Rh]. The molecule has 3 rings (SSSR count). The Morgan fingerprint density at radius 3 is 2.70 bits per heavy atom. The predicted molar refractivity (Wildman–Crippen MR) is 74.1 cm³/mol. The zero-order valence-corrected chi connectivity index (χ0v) is 12.5. The van der Waals surface area contributed by atoms with Gasteiger partial charge in [0.05, 0.1) is 6.57 Å². The molecule has 5 heteroatoms. The van der Waals surface area contributed by atoms with Crippen LogP contribution in [0.5, 0.6) is 11.5 Å². The number of benzene rings is 2. The first kappa shape index (κ1) is 14.8. The molecular weight excluding hydrogens is 340 g/mol. The Kier molecular flexibility index (Phi) is 4.60. The Morgan fingerprint density at radius 1 is 1.25 bits per heavy atom. The molecule has 0 aliphatic carbocycles. The number of hydrogen-bond donors (Lipinski definition) is 0. The zero-order valence-electron chi connectivity index (χ0n) is 10.8. The summed E-state index contributed by atoms with van der Waals surface area (Å²) in [4.78, 5) is 3.34. The smallest absolute Gasteiger partial charge is 0.255 e. The Hall–Kier alpha value is -1.62. The van der Waals surface area contributed by atoms with Crippen molar-refractivity contribution in [1.82, 2.24) is 0 Å². The summed E-state index contributed by atoms with van der Waals surface area (Å²) in [6, 6.07) is 14.2. The molecule has 2 aromatic carbocycles. The van der Waals surface area contributed by atoms with Crippen molar-refractivity contribution in [2.24, 2.45) is 0 Å². The second-order valence-electron chi connectivity index (χ2n) is 4.42. The van der Waals surface area contributed by atoms with Crippen LogP contribution in [0, 0.1) is 12.6 Å². The molecule has 0 fully saturated rings. The molecule has 0 N–H and O–H groups in total. The topological polar surface area (TPSA) is 22.8 Å². The minimum atomic E-state index is 0. The minimum absolute atomic E-state index is 0. The van der Waals surface area contributed by atoms with E-state index in [2.05, 4.69) is 10.9 Å². The first-order chi connectivity index (χ1) is 9.26. The van der Waals surface area contributed by atoms with Crippen molar-refractivity contribution in [3.63, 3.8) is 0 Å². The van der Waals surface area contributed by atoms with Gasteiger partial charge >= 0.3 is 0 Å². The molecule has 0 amide bonds. The quantitative estimate of drug-likeness (QED) is 0.613. The summed E-state index contributed by atoms with van der Waals surface area (Å²) in [5, 5.41) is 0. The van der Waals surface area contributed by atoms with Gasteiger partial charge in [0.25, 0.3) is 6.92 Å². The molecular formula is C15H11BNO2Rh-. The second kappa shape index (κ2) is 6.22. The van der Waals surface area contributed by atoms with Gasteiger partial charge in [0.1, 0.15) is 5.75 Å². The van der Waals surface area contributed by atoms with E-state index in [1.54, 1.807) is 24.3 Å². The van der Waals surface area contributed by atoms with Gasteiger partial charge in [-0.2, -0.15) is 6.07 Å². The van der Waals surface area contributed by atoms with E-state index in [9.17, 15) is 0 Å². The molecule has 0 spiro atoms. The van der Waals surface area contributed by atoms with Crippen LogP contribution in [0.25, 0.3) is 4.85 Å². The molecule has 0 aromatic heterocycles. The van der Waals surface area contributed by atoms with Crippen LogP contribution < -0.4 is 10.2 Å². The van der Waals surface area contributed by atoms with Gasteiger partial charge in [0, 0.05) is 31.8 Å². The van der Waals surface area contributed by atoms with E-state index in [1.807, 2.05) is 19.0 Å². The Labute approximate surface area is 131 Å². The van der Waals surface area contributed by atoms with Crippen molar-refractivity contribution in [1.29, 1.82) is 0 Å². The predicted octanol–water partition coefficient (Wildman–Crippen LogP) is 3.19. The summed E-state index contributed by atoms with van der Waals surface area (Å²) >= 11 is 0. The molecule has 1 aliphatic rings. The van der Waals surface area contributed by atoms with E-state index in [4.69, 9.17) is 16.0 Å². The van der Waals surface area contributed by atoms with E-state index >= 15 is 0 Å². The maximum atomic E-state index is 6.90. The van der Waals surface area contributed by atoms with Gasteiger partial charge in [0.2, 0.25) is 0 Å². The monoisotopic (exact) mass is 351 g/mol. The summed E-state index contributed by atoms with van der Waals surface area (Å²) in [6.45, 7) is 9.66. The molecule has 1 radical (unpaired) electrons. The normalized spacial score (nSPS) is 12.3. The van der Waals surface area contributed by atoms with Crippen LogP contribution in [0.2, 0.25) is 6.82 Å². The van der Waals surface area contributed by atoms with Gasteiger partial charge in [-0.15, -0.1) is 23.2 Å². The standard InChI is InChI=1S/C15H11BNO2.Rh/c1-16-15-8-7-14(9-11(15)10-18-16)19-13-5-3-12(17-2)4-6-13;/h3-8H,10H2,1H3;/q-1;. The molecule has 1 heterocycles. The number of hydrogen-bond acceptors (Lipinski definition) is 2. The average Bonchev–Trinajstić information content (AvgIpc) is 2.81. The molecule has 2 aromatic rings. The van der Waals surface area contributed by atoms with Crippen molar-refractivity contribution in [2.75, 3.05) is 0 Å². The van der Waals surface area contributed by atoms with Gasteiger partial charge in [-0.3, -0.25) is 0 Å². The van der Waals surface area contributed by atoms with Crippen molar-refractivity contribution < 1.29 is 28.9 Å². The van der Waals surface area contributed by atoms with E-state index in [-0.39, 0.29) is 26.4 Å². The zero-order chi connectivity index (χ0) is 13.2. The van der Waals surface area contributed by atoms with Crippen LogP contribution in [0.4, 0.5) is 5.69 Å². The number of rotatable bonds is 2. The second-order valence-corrected chi connectivity index (χ2v) is 4.42. The third kappa shape index (κ3) is 2.93. The van der Waals surface area contributed by atoms with Crippen LogP contribution in [0.1, 0.15) is 5.56 Å². The molecule has 0 bridgehead atoms. The van der Waals surface area contributed by atoms with E-state index in [0.717, 1.165) is 5.56 Å². The van der Waals surface area contributed by atoms with E-state index < -0.39 is 0 Å². The van der Waals surface area contributed by atoms with Crippen molar-refractivity contribution in [2.45, 2.75) is 13.4 Å². The van der Waals surface area contributed by atoms with E-state index in [0.29, 0.717) is 23.8 Å². The largest absolute Gasteiger partial charge is 0.483 e. The van der Waals surface area contributed by atoms with E-state index in [1.165, 1.54) is 5.46 Å². The van der Waals surface area contributed by atoms with Gasteiger partial charge in [-0.05, 0) is 12.1 Å². The summed E-state index contributed by atoms with van der Waals surface area (Å²) in [5.41, 5.74) is 2.84. The first-order valence-corrected chi connectivity index (χ1v) is 6.08. The number of fused-ring (bicyclic) bond motifs is 1. The summed E-state index contributed by atoms with van der Waals surface area (Å²) in [7, 11) is 0. The van der Waals surface area contributed by atoms with Gasteiger partial charge < -0.3 is 9.39 Å². The van der Waals surface area contributed by atoms with Crippen LogP contribution in [-0.4, -0.2) is 6.92 Å². The first-order valence-electron chi connectivity index (χ1n) is 6.08. The van der Waals surface area contributed by atoms with Crippen LogP contribution in [0.15, 0.2) is 36.4 Å². The average molecular weight is 351 g/mol. The van der Waals surface area contributed by atoms with Crippen LogP contribution in [-0.2, 0) is 30.7 Å². The summed E-state index contributed by atoms with van der Waals surface area (Å²) < 4.78 is 11.3. The Balaban J connectivity index is 0.00000147. The number of nitrogens with zero attached hydrogens (tertiary/aromatic N) is 1. The van der Waals surface area contributed by atoms with Crippen molar-refractivity contribution in [3.8, 4) is 11.5 Å². The van der Waals surface area contributed by atoms with Gasteiger partial charge in [0.15, 0.2) is 5.69 Å².